The molecule has 1 aromatic rings. The maximum Gasteiger partial charge on any atom is 0.0897 e. The van der Waals surface area contributed by atoms with E-state index in [1.54, 1.807) is 11.3 Å². The Labute approximate surface area is 103 Å². The minimum absolute atomic E-state index is 0.487. The molecule has 1 aliphatic rings. The summed E-state index contributed by atoms with van der Waals surface area (Å²) in [6.45, 7) is 5.67. The smallest absolute Gasteiger partial charge is 0.0897 e. The van der Waals surface area contributed by atoms with Gasteiger partial charge in [0.15, 0.2) is 0 Å². The van der Waals surface area contributed by atoms with E-state index in [0.717, 1.165) is 36.6 Å². The SMILES string of the molecule is Cc1nc(CN2CCOCC2CBr)cs1. The van der Waals surface area contributed by atoms with Gasteiger partial charge in [0, 0.05) is 29.8 Å². The van der Waals surface area contributed by atoms with E-state index in [1.807, 2.05) is 0 Å². The summed E-state index contributed by atoms with van der Waals surface area (Å²) in [5.74, 6) is 0. The molecule has 0 radical (unpaired) electrons. The quantitative estimate of drug-likeness (QED) is 0.797. The molecule has 1 atom stereocenters. The van der Waals surface area contributed by atoms with Crippen molar-refractivity contribution < 1.29 is 4.74 Å². The first-order valence-corrected chi connectivity index (χ1v) is 7.08. The summed E-state index contributed by atoms with van der Waals surface area (Å²) in [6.07, 6.45) is 0. The maximum atomic E-state index is 5.46. The van der Waals surface area contributed by atoms with E-state index < -0.39 is 0 Å². The highest BCUT2D eigenvalue weighted by Gasteiger charge is 2.22. The van der Waals surface area contributed by atoms with Crippen molar-refractivity contribution in [2.24, 2.45) is 0 Å². The van der Waals surface area contributed by atoms with Crippen molar-refractivity contribution >= 4 is 27.3 Å². The van der Waals surface area contributed by atoms with Gasteiger partial charge in [0.2, 0.25) is 0 Å². The van der Waals surface area contributed by atoms with E-state index in [-0.39, 0.29) is 0 Å². The lowest BCUT2D eigenvalue weighted by Crippen LogP contribution is -2.45. The van der Waals surface area contributed by atoms with Gasteiger partial charge in [0.25, 0.3) is 0 Å². The molecule has 1 unspecified atom stereocenters. The van der Waals surface area contributed by atoms with E-state index in [2.05, 4.69) is 38.1 Å². The summed E-state index contributed by atoms with van der Waals surface area (Å²) in [6, 6.07) is 0.487. The minimum atomic E-state index is 0.487. The summed E-state index contributed by atoms with van der Waals surface area (Å²) in [5.41, 5.74) is 1.19. The summed E-state index contributed by atoms with van der Waals surface area (Å²) >= 11 is 5.25. The summed E-state index contributed by atoms with van der Waals surface area (Å²) in [5, 5.41) is 4.26. The number of alkyl halides is 1. The number of rotatable bonds is 3. The normalized spacial score (nSPS) is 23.2. The standard InChI is InChI=1S/C10H15BrN2OS/c1-8-12-9(7-15-8)5-13-2-3-14-6-10(13)4-11/h7,10H,2-6H2,1H3. The largest absolute Gasteiger partial charge is 0.378 e. The fourth-order valence-corrected chi connectivity index (χ4v) is 2.93. The third kappa shape index (κ3) is 3.00. The molecule has 0 amide bonds. The van der Waals surface area contributed by atoms with Gasteiger partial charge in [-0.15, -0.1) is 11.3 Å². The molecule has 0 aliphatic carbocycles. The Kier molecular flexibility index (Phi) is 4.13. The maximum absolute atomic E-state index is 5.46. The van der Waals surface area contributed by atoms with Crippen LogP contribution in [0.5, 0.6) is 0 Å². The van der Waals surface area contributed by atoms with Crippen LogP contribution in [0.3, 0.4) is 0 Å². The molecule has 0 N–H and O–H groups in total. The van der Waals surface area contributed by atoms with Crippen molar-refractivity contribution in [1.82, 2.24) is 9.88 Å². The van der Waals surface area contributed by atoms with Crippen molar-refractivity contribution in [3.63, 3.8) is 0 Å². The fraction of sp³-hybridized carbons (Fsp3) is 0.700. The number of halogens is 1. The van der Waals surface area contributed by atoms with Crippen molar-refractivity contribution in [3.05, 3.63) is 16.1 Å². The van der Waals surface area contributed by atoms with Crippen LogP contribution in [0, 0.1) is 6.92 Å². The molecule has 0 aromatic carbocycles. The van der Waals surface area contributed by atoms with Gasteiger partial charge < -0.3 is 4.74 Å². The van der Waals surface area contributed by atoms with Crippen LogP contribution in [0.25, 0.3) is 0 Å². The van der Waals surface area contributed by atoms with Crippen LogP contribution in [0.4, 0.5) is 0 Å². The number of hydrogen-bond acceptors (Lipinski definition) is 4. The van der Waals surface area contributed by atoms with Gasteiger partial charge in [0.05, 0.1) is 23.9 Å². The molecule has 3 nitrogen and oxygen atoms in total. The molecule has 0 saturated carbocycles. The molecule has 0 bridgehead atoms. The molecule has 2 heterocycles. The van der Waals surface area contributed by atoms with Crippen LogP contribution < -0.4 is 0 Å². The molecule has 1 fully saturated rings. The summed E-state index contributed by atoms with van der Waals surface area (Å²) < 4.78 is 5.46. The van der Waals surface area contributed by atoms with Crippen molar-refractivity contribution in [1.29, 1.82) is 0 Å². The summed E-state index contributed by atoms with van der Waals surface area (Å²) in [4.78, 5) is 6.93. The average Bonchev–Trinajstić information content (AvgIpc) is 2.65. The van der Waals surface area contributed by atoms with E-state index in [4.69, 9.17) is 4.74 Å². The van der Waals surface area contributed by atoms with Crippen molar-refractivity contribution in [3.8, 4) is 0 Å². The lowest BCUT2D eigenvalue weighted by atomic mass is 10.2. The second-order valence-electron chi connectivity index (χ2n) is 3.71. The average molecular weight is 291 g/mol. The van der Waals surface area contributed by atoms with Gasteiger partial charge >= 0.3 is 0 Å². The molecule has 5 heteroatoms. The lowest BCUT2D eigenvalue weighted by molar-refractivity contribution is -0.00259. The molecule has 1 aromatic heterocycles. The van der Waals surface area contributed by atoms with Gasteiger partial charge in [-0.05, 0) is 6.92 Å². The minimum Gasteiger partial charge on any atom is -0.378 e. The molecule has 84 valence electrons. The fourth-order valence-electron chi connectivity index (χ4n) is 1.73. The van der Waals surface area contributed by atoms with Gasteiger partial charge in [-0.3, -0.25) is 4.90 Å². The molecule has 1 saturated heterocycles. The number of aromatic nitrogens is 1. The Balaban J connectivity index is 1.97. The van der Waals surface area contributed by atoms with Crippen LogP contribution in [-0.4, -0.2) is 41.0 Å². The summed E-state index contributed by atoms with van der Waals surface area (Å²) in [7, 11) is 0. The highest BCUT2D eigenvalue weighted by atomic mass is 79.9. The monoisotopic (exact) mass is 290 g/mol. The first kappa shape index (κ1) is 11.5. The molecule has 0 spiro atoms. The molecular weight excluding hydrogens is 276 g/mol. The number of ether oxygens (including phenoxy) is 1. The van der Waals surface area contributed by atoms with Gasteiger partial charge in [-0.2, -0.15) is 0 Å². The third-order valence-electron chi connectivity index (χ3n) is 2.56. The number of thiazole rings is 1. The van der Waals surface area contributed by atoms with E-state index >= 15 is 0 Å². The van der Waals surface area contributed by atoms with Gasteiger partial charge in [0.1, 0.15) is 0 Å². The zero-order valence-corrected chi connectivity index (χ0v) is 11.2. The number of nitrogens with zero attached hydrogens (tertiary/aromatic N) is 2. The molecular formula is C10H15BrN2OS. The second kappa shape index (κ2) is 5.39. The topological polar surface area (TPSA) is 25.4 Å². The first-order chi connectivity index (χ1) is 7.29. The predicted octanol–water partition coefficient (Wildman–Crippen LogP) is 2.05. The van der Waals surface area contributed by atoms with Gasteiger partial charge in [-0.25, -0.2) is 4.98 Å². The van der Waals surface area contributed by atoms with E-state index in [1.165, 1.54) is 5.69 Å². The number of hydrogen-bond donors (Lipinski definition) is 0. The zero-order chi connectivity index (χ0) is 10.7. The Hall–Kier alpha value is 0.0300. The van der Waals surface area contributed by atoms with Crippen molar-refractivity contribution in [2.45, 2.75) is 19.5 Å². The molecule has 1 aliphatic heterocycles. The Morgan fingerprint density at radius 1 is 1.73 bits per heavy atom. The van der Waals surface area contributed by atoms with Crippen LogP contribution in [-0.2, 0) is 11.3 Å². The number of morpholine rings is 1. The predicted molar refractivity (Wildman–Crippen MR) is 65.7 cm³/mol. The third-order valence-corrected chi connectivity index (χ3v) is 4.13. The highest BCUT2D eigenvalue weighted by Crippen LogP contribution is 2.15. The lowest BCUT2D eigenvalue weighted by Gasteiger charge is -2.33. The molecule has 15 heavy (non-hydrogen) atoms. The first-order valence-electron chi connectivity index (χ1n) is 5.08. The van der Waals surface area contributed by atoms with Crippen molar-refractivity contribution in [2.75, 3.05) is 25.1 Å². The van der Waals surface area contributed by atoms with Gasteiger partial charge in [-0.1, -0.05) is 15.9 Å². The Bertz CT molecular complexity index is 318. The Morgan fingerprint density at radius 3 is 3.27 bits per heavy atom. The second-order valence-corrected chi connectivity index (χ2v) is 5.42. The van der Waals surface area contributed by atoms with E-state index in [0.29, 0.717) is 6.04 Å². The van der Waals surface area contributed by atoms with Crippen LogP contribution in [0.15, 0.2) is 5.38 Å². The molecule has 2 rings (SSSR count). The Morgan fingerprint density at radius 2 is 2.60 bits per heavy atom. The van der Waals surface area contributed by atoms with Crippen LogP contribution in [0.1, 0.15) is 10.7 Å². The number of aryl methyl sites for hydroxylation is 1. The highest BCUT2D eigenvalue weighted by molar-refractivity contribution is 9.09. The van der Waals surface area contributed by atoms with E-state index in [9.17, 15) is 0 Å². The zero-order valence-electron chi connectivity index (χ0n) is 8.78. The van der Waals surface area contributed by atoms with Crippen LogP contribution in [0.2, 0.25) is 0 Å². The van der Waals surface area contributed by atoms with Crippen LogP contribution >= 0.6 is 27.3 Å².